The van der Waals surface area contributed by atoms with Gasteiger partial charge in [-0.15, -0.1) is 29.7 Å². The van der Waals surface area contributed by atoms with Gasteiger partial charge in [-0.25, -0.2) is 9.97 Å². The molecule has 0 bridgehead atoms. The number of halogens is 1. The minimum Gasteiger partial charge on any atom is -0.337 e. The van der Waals surface area contributed by atoms with Crippen molar-refractivity contribution in [3.05, 3.63) is 176 Å². The zero-order valence-corrected chi connectivity index (χ0v) is 45.8. The number of hydrogen-bond acceptors (Lipinski definition) is 3. The van der Waals surface area contributed by atoms with Crippen LogP contribution in [0.1, 0.15) is 118 Å². The van der Waals surface area contributed by atoms with Crippen molar-refractivity contribution in [3.63, 3.8) is 0 Å². The summed E-state index contributed by atoms with van der Waals surface area (Å²) in [6, 6.07) is 40.8. The molecule has 0 atom stereocenters. The second-order valence-electron chi connectivity index (χ2n) is 22.3. The van der Waals surface area contributed by atoms with Gasteiger partial charge in [-0.1, -0.05) is 152 Å². The van der Waals surface area contributed by atoms with Crippen molar-refractivity contribution in [2.75, 3.05) is 0 Å². The van der Waals surface area contributed by atoms with Gasteiger partial charge in [0.2, 0.25) is 0 Å². The van der Waals surface area contributed by atoms with Crippen molar-refractivity contribution >= 4 is 97.9 Å². The normalized spacial score (nSPS) is 15.3. The molecule has 12 aromatic rings. The first-order valence-electron chi connectivity index (χ1n) is 24.5. The topological polar surface area (TPSA) is 51.9 Å². The van der Waals surface area contributed by atoms with E-state index in [1.54, 1.807) is 0 Å². The third kappa shape index (κ3) is 6.70. The maximum atomic E-state index is 4.95. The molecule has 3 aliphatic heterocycles. The van der Waals surface area contributed by atoms with E-state index < -0.39 is 0 Å². The van der Waals surface area contributed by atoms with E-state index in [9.17, 15) is 0 Å². The monoisotopic (exact) mass is 1190 g/mol. The van der Waals surface area contributed by atoms with Crippen LogP contribution >= 0.6 is 15.9 Å². The van der Waals surface area contributed by atoms with Crippen LogP contribution in [0.25, 0.3) is 82.0 Å². The summed E-state index contributed by atoms with van der Waals surface area (Å²) in [5.41, 5.74) is 22.3. The Bertz CT molecular complexity index is 3840. The molecule has 6 aromatic heterocycles. The van der Waals surface area contributed by atoms with Crippen molar-refractivity contribution in [2.24, 2.45) is 0 Å². The number of aromatic nitrogens is 6. The van der Waals surface area contributed by atoms with Gasteiger partial charge in [-0.3, -0.25) is 13.8 Å². The van der Waals surface area contributed by atoms with E-state index in [2.05, 4.69) is 208 Å². The second kappa shape index (κ2) is 16.8. The van der Waals surface area contributed by atoms with Crippen LogP contribution in [0, 0.1) is 40.7 Å². The van der Waals surface area contributed by atoms with E-state index in [-0.39, 0.29) is 51.2 Å². The molecule has 0 unspecified atom stereocenters. The van der Waals surface area contributed by atoms with Crippen molar-refractivity contribution in [3.8, 4) is 0 Å². The van der Waals surface area contributed by atoms with Crippen LogP contribution in [-0.2, 0) is 55.6 Å². The molecule has 9 heterocycles. The molecule has 1 radical (unpaired) electrons. The molecule has 8 heteroatoms. The summed E-state index contributed by atoms with van der Waals surface area (Å²) < 4.78 is 8.20. The Labute approximate surface area is 445 Å². The fourth-order valence-corrected chi connectivity index (χ4v) is 13.5. The van der Waals surface area contributed by atoms with Gasteiger partial charge in [-0.2, -0.15) is 0 Å². The zero-order valence-electron chi connectivity index (χ0n) is 41.8. The molecule has 6 nitrogen and oxygen atoms in total. The third-order valence-electron chi connectivity index (χ3n) is 16.3. The van der Waals surface area contributed by atoms with Crippen molar-refractivity contribution in [2.45, 2.75) is 127 Å². The Morgan fingerprint density at radius 1 is 0.444 bits per heavy atom. The molecular formula is C64H64BrIrN6-. The van der Waals surface area contributed by atoms with E-state index in [1.165, 1.54) is 116 Å². The molecule has 0 fully saturated rings. The molecule has 0 N–H and O–H groups in total. The molecule has 72 heavy (non-hydrogen) atoms. The van der Waals surface area contributed by atoms with Gasteiger partial charge >= 0.3 is 0 Å². The van der Waals surface area contributed by atoms with Crippen LogP contribution in [0.15, 0.2) is 108 Å². The Morgan fingerprint density at radius 3 is 1.28 bits per heavy atom. The van der Waals surface area contributed by atoms with Crippen molar-refractivity contribution in [1.29, 1.82) is 0 Å². The predicted molar refractivity (Wildman–Crippen MR) is 304 cm³/mol. The first-order chi connectivity index (χ1) is 33.0. The average molecular weight is 1190 g/mol. The molecule has 15 rings (SSSR count). The molecule has 0 saturated carbocycles. The Hall–Kier alpha value is -5.92. The predicted octanol–water partition coefficient (Wildman–Crippen LogP) is 16.8. The van der Waals surface area contributed by atoms with E-state index in [4.69, 9.17) is 15.0 Å². The fourth-order valence-electron chi connectivity index (χ4n) is 13.0. The third-order valence-corrected chi connectivity index (χ3v) is 17.0. The van der Waals surface area contributed by atoms with Gasteiger partial charge in [-0.05, 0) is 124 Å². The molecule has 3 aliphatic rings. The van der Waals surface area contributed by atoms with Crippen molar-refractivity contribution < 1.29 is 20.1 Å². The molecule has 0 amide bonds. The zero-order chi connectivity index (χ0) is 47.8. The minimum atomic E-state index is 0. The van der Waals surface area contributed by atoms with Crippen LogP contribution in [0.3, 0.4) is 0 Å². The summed E-state index contributed by atoms with van der Waals surface area (Å²) in [4.78, 5) is 14.7. The van der Waals surface area contributed by atoms with Crippen molar-refractivity contribution in [1.82, 2.24) is 28.2 Å². The largest absolute Gasteiger partial charge is 0.337 e. The summed E-state index contributed by atoms with van der Waals surface area (Å²) in [7, 11) is 0. The summed E-state index contributed by atoms with van der Waals surface area (Å²) in [6.07, 6.45) is 3.07. The first-order valence-corrected chi connectivity index (χ1v) is 25.3. The SMILES string of the molecule is C.C.Cc1ccc2c3c1c1ccccc1c1nc(Br)c(n13)CC2(C)C.Cc1nc2c3[c-]cccc3c3c(C)ccc4c3n2c1CC4(C)C.Cc1nc2c3ccccc3c3c(C)ccc4c3n2c1CC4(C)C.[Ir]. The van der Waals surface area contributed by atoms with Gasteiger partial charge < -0.3 is 4.40 Å². The van der Waals surface area contributed by atoms with Crippen LogP contribution in [0.2, 0.25) is 0 Å². The summed E-state index contributed by atoms with van der Waals surface area (Å²) in [5.74, 6) is 0. The second-order valence-corrected chi connectivity index (χ2v) is 23.1. The molecule has 0 aliphatic carbocycles. The minimum absolute atomic E-state index is 0. The van der Waals surface area contributed by atoms with Crippen LogP contribution in [0.4, 0.5) is 0 Å². The van der Waals surface area contributed by atoms with E-state index in [0.29, 0.717) is 0 Å². The van der Waals surface area contributed by atoms with Crippen LogP contribution < -0.4 is 0 Å². The number of imidazole rings is 3. The van der Waals surface area contributed by atoms with Crippen LogP contribution in [0.5, 0.6) is 0 Å². The van der Waals surface area contributed by atoms with Gasteiger partial charge in [0.1, 0.15) is 15.9 Å². The van der Waals surface area contributed by atoms with Gasteiger partial charge in [0, 0.05) is 70.7 Å². The summed E-state index contributed by atoms with van der Waals surface area (Å²) >= 11 is 3.71. The first kappa shape index (κ1) is 49.6. The standard InChI is InChI=1S/C21H20N2.C21H19N2.C20H17BrN2.2CH4.Ir/c2*1-12-9-10-16-19-18(12)14-7-5-6-8-15(14)20-22-13(2)17(23(19)20)11-21(16,3)4;1-11-8-9-14-17-16(11)12-6-4-5-7-13(12)19-22-18(21)15(23(17)19)10-20(14,2)3;;;/h5-10H,11H2,1-4H3;5-7,9-10H,11H2,1-4H3;4-9H,10H2,1-3H3;2*1H4;/q;-1;;;;. The van der Waals surface area contributed by atoms with Crippen LogP contribution in [-0.4, -0.2) is 28.2 Å². The summed E-state index contributed by atoms with van der Waals surface area (Å²) in [6.45, 7) is 25.0. The fraction of sp³-hybridized carbons (Fsp3) is 0.297. The Balaban J connectivity index is 0.000000122. The van der Waals surface area contributed by atoms with Gasteiger partial charge in [0.15, 0.2) is 0 Å². The number of fused-ring (bicyclic) bond motifs is 9. The van der Waals surface area contributed by atoms with E-state index >= 15 is 0 Å². The molecular weight excluding hydrogens is 1120 g/mol. The molecule has 367 valence electrons. The average Bonchev–Trinajstić information content (AvgIpc) is 3.95. The Kier molecular flexibility index (Phi) is 11.6. The number of nitrogens with zero attached hydrogens (tertiary/aromatic N) is 6. The number of benzene rings is 6. The molecule has 0 spiro atoms. The quantitative estimate of drug-likeness (QED) is 0.112. The maximum Gasteiger partial charge on any atom is 0.146 e. The number of pyridine rings is 3. The maximum absolute atomic E-state index is 4.95. The molecule has 6 aromatic carbocycles. The number of hydrogen-bond donors (Lipinski definition) is 0. The number of aryl methyl sites for hydroxylation is 5. The Morgan fingerprint density at radius 2 is 0.806 bits per heavy atom. The summed E-state index contributed by atoms with van der Waals surface area (Å²) in [5, 5.41) is 11.6. The van der Waals surface area contributed by atoms with Gasteiger partial charge in [0.05, 0.1) is 28.1 Å². The number of rotatable bonds is 0. The van der Waals surface area contributed by atoms with Gasteiger partial charge in [0.25, 0.3) is 0 Å². The van der Waals surface area contributed by atoms with E-state index in [1.807, 2.05) is 6.07 Å². The molecule has 0 saturated heterocycles. The smallest absolute Gasteiger partial charge is 0.146 e. The van der Waals surface area contributed by atoms with E-state index in [0.717, 1.165) is 51.9 Å².